The number of amides is 2. The van der Waals surface area contributed by atoms with Crippen LogP contribution in [0.25, 0.3) is 5.57 Å². The summed E-state index contributed by atoms with van der Waals surface area (Å²) in [7, 11) is 0. The first-order valence-corrected chi connectivity index (χ1v) is 11.3. The van der Waals surface area contributed by atoms with Gasteiger partial charge in [0.25, 0.3) is 11.8 Å². The average molecular weight is 437 g/mol. The maximum Gasteiger partial charge on any atom is 0.278 e. The molecule has 2 aliphatic heterocycles. The normalized spacial score (nSPS) is 17.5. The molecular formula is C26H29FN2O3. The van der Waals surface area contributed by atoms with Crippen molar-refractivity contribution < 1.29 is 18.7 Å². The maximum atomic E-state index is 14.3. The van der Waals surface area contributed by atoms with E-state index in [0.717, 1.165) is 38.1 Å². The molecule has 4 rings (SSSR count). The van der Waals surface area contributed by atoms with E-state index in [-0.39, 0.29) is 18.4 Å². The Balaban J connectivity index is 1.69. The number of nitrogens with zero attached hydrogens (tertiary/aromatic N) is 2. The summed E-state index contributed by atoms with van der Waals surface area (Å²) in [6.07, 6.45) is 2.84. The number of ether oxygens (including phenoxy) is 1. The van der Waals surface area contributed by atoms with Gasteiger partial charge in [0.2, 0.25) is 0 Å². The van der Waals surface area contributed by atoms with Gasteiger partial charge in [-0.1, -0.05) is 44.2 Å². The summed E-state index contributed by atoms with van der Waals surface area (Å²) >= 11 is 0. The van der Waals surface area contributed by atoms with E-state index in [2.05, 4.69) is 6.92 Å². The van der Waals surface area contributed by atoms with Crippen LogP contribution in [0.2, 0.25) is 0 Å². The lowest BCUT2D eigenvalue weighted by Gasteiger charge is -2.32. The first-order valence-electron chi connectivity index (χ1n) is 11.3. The molecule has 6 heteroatoms. The Morgan fingerprint density at radius 1 is 1.00 bits per heavy atom. The van der Waals surface area contributed by atoms with Gasteiger partial charge in [0.15, 0.2) is 0 Å². The zero-order valence-corrected chi connectivity index (χ0v) is 18.6. The third-order valence-electron chi connectivity index (χ3n) is 6.15. The molecule has 1 saturated heterocycles. The number of benzene rings is 2. The van der Waals surface area contributed by atoms with Crippen LogP contribution >= 0.6 is 0 Å². The Hall–Kier alpha value is -3.15. The second-order valence-corrected chi connectivity index (χ2v) is 8.55. The van der Waals surface area contributed by atoms with Gasteiger partial charge >= 0.3 is 0 Å². The van der Waals surface area contributed by atoms with Crippen molar-refractivity contribution >= 4 is 17.4 Å². The smallest absolute Gasteiger partial charge is 0.278 e. The number of rotatable bonds is 7. The monoisotopic (exact) mass is 436 g/mol. The molecule has 0 atom stereocenters. The van der Waals surface area contributed by atoms with E-state index in [1.807, 2.05) is 36.1 Å². The summed E-state index contributed by atoms with van der Waals surface area (Å²) in [6.45, 7) is 6.23. The first kappa shape index (κ1) is 22.1. The van der Waals surface area contributed by atoms with Gasteiger partial charge in [0.05, 0.1) is 18.7 Å². The van der Waals surface area contributed by atoms with E-state index in [1.54, 1.807) is 18.2 Å². The molecule has 2 aliphatic rings. The van der Waals surface area contributed by atoms with E-state index >= 15 is 0 Å². The Labute approximate surface area is 188 Å². The zero-order valence-electron chi connectivity index (χ0n) is 18.6. The second-order valence-electron chi connectivity index (χ2n) is 8.55. The van der Waals surface area contributed by atoms with Crippen molar-refractivity contribution in [3.63, 3.8) is 0 Å². The van der Waals surface area contributed by atoms with Crippen LogP contribution < -0.4 is 4.74 Å². The topological polar surface area (TPSA) is 49.9 Å². The lowest BCUT2D eigenvalue weighted by Crippen LogP contribution is -2.38. The van der Waals surface area contributed by atoms with Crippen molar-refractivity contribution in [1.82, 2.24) is 9.80 Å². The number of piperidine rings is 1. The van der Waals surface area contributed by atoms with Crippen LogP contribution in [0.15, 0.2) is 54.2 Å². The molecule has 0 N–H and O–H groups in total. The molecule has 0 radical (unpaired) electrons. The minimum Gasteiger partial charge on any atom is -0.494 e. The van der Waals surface area contributed by atoms with Crippen LogP contribution in [-0.4, -0.2) is 41.3 Å². The van der Waals surface area contributed by atoms with Crippen molar-refractivity contribution in [2.45, 2.75) is 39.7 Å². The molecule has 2 aromatic rings. The van der Waals surface area contributed by atoms with Crippen molar-refractivity contribution in [2.24, 2.45) is 5.92 Å². The predicted molar refractivity (Wildman–Crippen MR) is 121 cm³/mol. The van der Waals surface area contributed by atoms with Crippen molar-refractivity contribution in [3.05, 3.63) is 71.2 Å². The van der Waals surface area contributed by atoms with Gasteiger partial charge in [-0.15, -0.1) is 0 Å². The summed E-state index contributed by atoms with van der Waals surface area (Å²) in [5.74, 6) is 0.159. The molecule has 0 spiro atoms. The zero-order chi connectivity index (χ0) is 22.7. The lowest BCUT2D eigenvalue weighted by atomic mass is 9.97. The fourth-order valence-electron chi connectivity index (χ4n) is 4.23. The van der Waals surface area contributed by atoms with Crippen LogP contribution in [-0.2, 0) is 16.1 Å². The lowest BCUT2D eigenvalue weighted by molar-refractivity contribution is -0.138. The number of carbonyl (C=O) groups excluding carboxylic acids is 2. The summed E-state index contributed by atoms with van der Waals surface area (Å²) in [5.41, 5.74) is 1.82. The van der Waals surface area contributed by atoms with Crippen LogP contribution in [0.3, 0.4) is 0 Å². The Morgan fingerprint density at radius 2 is 1.69 bits per heavy atom. The number of imide groups is 1. The standard InChI is InChI=1S/C26H29FN2O3/c1-3-16-32-21-10-8-19(9-11-21)23-24(28-14-12-18(2)13-15-28)26(31)29(25(23)30)17-20-6-4-5-7-22(20)27/h4-11,18H,3,12-17H2,1-2H3. The van der Waals surface area contributed by atoms with Crippen molar-refractivity contribution in [2.75, 3.05) is 19.7 Å². The highest BCUT2D eigenvalue weighted by Gasteiger charge is 2.42. The second kappa shape index (κ2) is 9.55. The quantitative estimate of drug-likeness (QED) is 0.594. The van der Waals surface area contributed by atoms with Crippen LogP contribution in [0.1, 0.15) is 44.2 Å². The molecule has 2 aromatic carbocycles. The molecule has 0 bridgehead atoms. The van der Waals surface area contributed by atoms with Crippen molar-refractivity contribution in [1.29, 1.82) is 0 Å². The summed E-state index contributed by atoms with van der Waals surface area (Å²) in [4.78, 5) is 30.1. The molecule has 0 saturated carbocycles. The van der Waals surface area contributed by atoms with Crippen molar-refractivity contribution in [3.8, 4) is 5.75 Å². The van der Waals surface area contributed by atoms with Gasteiger partial charge in [-0.3, -0.25) is 14.5 Å². The number of halogens is 1. The molecule has 5 nitrogen and oxygen atoms in total. The highest BCUT2D eigenvalue weighted by Crippen LogP contribution is 2.35. The van der Waals surface area contributed by atoms with Gasteiger partial charge in [-0.25, -0.2) is 4.39 Å². The SMILES string of the molecule is CCCOc1ccc(C2=C(N3CCC(C)CC3)C(=O)N(Cc3ccccc3F)C2=O)cc1. The Bertz CT molecular complexity index is 1020. The fraction of sp³-hybridized carbons (Fsp3) is 0.385. The number of likely N-dealkylation sites (tertiary alicyclic amines) is 1. The third kappa shape index (κ3) is 4.40. The minimum atomic E-state index is -0.424. The highest BCUT2D eigenvalue weighted by molar-refractivity contribution is 6.35. The third-order valence-corrected chi connectivity index (χ3v) is 6.15. The molecular weight excluding hydrogens is 407 g/mol. The van der Waals surface area contributed by atoms with Crippen LogP contribution in [0.4, 0.5) is 4.39 Å². The predicted octanol–water partition coefficient (Wildman–Crippen LogP) is 4.63. The van der Waals surface area contributed by atoms with Gasteiger partial charge in [-0.2, -0.15) is 0 Å². The molecule has 0 aromatic heterocycles. The van der Waals surface area contributed by atoms with E-state index in [4.69, 9.17) is 4.74 Å². The number of hydrogen-bond acceptors (Lipinski definition) is 4. The van der Waals surface area contributed by atoms with Gasteiger partial charge in [-0.05, 0) is 48.9 Å². The first-order chi connectivity index (χ1) is 15.5. The van der Waals surface area contributed by atoms with E-state index < -0.39 is 5.82 Å². The summed E-state index contributed by atoms with van der Waals surface area (Å²) < 4.78 is 19.9. The van der Waals surface area contributed by atoms with Crippen LogP contribution in [0.5, 0.6) is 5.75 Å². The largest absolute Gasteiger partial charge is 0.494 e. The van der Waals surface area contributed by atoms with E-state index in [9.17, 15) is 14.0 Å². The summed E-state index contributed by atoms with van der Waals surface area (Å²) in [5, 5.41) is 0. The highest BCUT2D eigenvalue weighted by atomic mass is 19.1. The Kier molecular flexibility index (Phi) is 6.58. The number of carbonyl (C=O) groups is 2. The molecule has 168 valence electrons. The molecule has 2 amide bonds. The summed E-state index contributed by atoms with van der Waals surface area (Å²) in [6, 6.07) is 13.6. The van der Waals surface area contributed by atoms with Gasteiger partial charge < -0.3 is 9.64 Å². The van der Waals surface area contributed by atoms with E-state index in [0.29, 0.717) is 34.9 Å². The van der Waals surface area contributed by atoms with Gasteiger partial charge in [0.1, 0.15) is 17.3 Å². The number of hydrogen-bond donors (Lipinski definition) is 0. The minimum absolute atomic E-state index is 0.0841. The van der Waals surface area contributed by atoms with E-state index in [1.165, 1.54) is 11.0 Å². The van der Waals surface area contributed by atoms with Gasteiger partial charge in [0, 0.05) is 18.7 Å². The molecule has 0 aliphatic carbocycles. The molecule has 1 fully saturated rings. The fourth-order valence-corrected chi connectivity index (χ4v) is 4.23. The average Bonchev–Trinajstić information content (AvgIpc) is 3.05. The molecule has 0 unspecified atom stereocenters. The van der Waals surface area contributed by atoms with Crippen LogP contribution in [0, 0.1) is 11.7 Å². The Morgan fingerprint density at radius 3 is 2.34 bits per heavy atom. The molecule has 32 heavy (non-hydrogen) atoms. The molecule has 2 heterocycles. The maximum absolute atomic E-state index is 14.3.